The molecule has 0 atom stereocenters. The second-order valence-electron chi connectivity index (χ2n) is 4.15. The summed E-state index contributed by atoms with van der Waals surface area (Å²) in [6.45, 7) is 2.10. The van der Waals surface area contributed by atoms with Crippen LogP contribution in [0.2, 0.25) is 0 Å². The van der Waals surface area contributed by atoms with Crippen LogP contribution in [0.15, 0.2) is 48.7 Å². The van der Waals surface area contributed by atoms with Crippen molar-refractivity contribution in [2.24, 2.45) is 0 Å². The van der Waals surface area contributed by atoms with Crippen LogP contribution in [-0.4, -0.2) is 24.7 Å². The highest BCUT2D eigenvalue weighted by Gasteiger charge is 2.06. The van der Waals surface area contributed by atoms with Crippen LogP contribution in [0, 0.1) is 0 Å². The molecule has 1 aromatic heterocycles. The second kappa shape index (κ2) is 6.56. The average Bonchev–Trinajstić information content (AvgIpc) is 2.48. The minimum atomic E-state index is -0.474. The zero-order chi connectivity index (χ0) is 14.4. The first-order valence-electron chi connectivity index (χ1n) is 6.39. The predicted octanol–water partition coefficient (Wildman–Crippen LogP) is 3.42. The molecule has 0 aliphatic carbocycles. The number of para-hydroxylation sites is 1. The van der Waals surface area contributed by atoms with Crippen LogP contribution in [0.4, 0.5) is 22.0 Å². The number of hydrogen-bond acceptors (Lipinski definition) is 4. The number of anilines is 3. The van der Waals surface area contributed by atoms with Crippen molar-refractivity contribution in [2.75, 3.05) is 23.9 Å². The van der Waals surface area contributed by atoms with Gasteiger partial charge in [0.1, 0.15) is 5.82 Å². The molecule has 104 valence electrons. The molecule has 1 heterocycles. The third-order valence-electron chi connectivity index (χ3n) is 2.76. The Balaban J connectivity index is 2.06. The molecule has 20 heavy (non-hydrogen) atoms. The summed E-state index contributed by atoms with van der Waals surface area (Å²) < 4.78 is 4.80. The summed E-state index contributed by atoms with van der Waals surface area (Å²) in [6, 6.07) is 13.6. The Labute approximate surface area is 118 Å². The van der Waals surface area contributed by atoms with Gasteiger partial charge in [0.15, 0.2) is 0 Å². The molecule has 0 radical (unpaired) electrons. The van der Waals surface area contributed by atoms with Crippen molar-refractivity contribution in [1.82, 2.24) is 4.98 Å². The lowest BCUT2D eigenvalue weighted by Crippen LogP contribution is -2.14. The van der Waals surface area contributed by atoms with Crippen molar-refractivity contribution in [3.05, 3.63) is 48.7 Å². The van der Waals surface area contributed by atoms with Gasteiger partial charge in [0.05, 0.1) is 18.5 Å². The molecule has 2 aromatic rings. The molecule has 5 heteroatoms. The normalized spacial score (nSPS) is 9.90. The molecule has 0 aliphatic heterocycles. The first kappa shape index (κ1) is 13.9. The Kier molecular flexibility index (Phi) is 4.55. The highest BCUT2D eigenvalue weighted by atomic mass is 16.5. The van der Waals surface area contributed by atoms with Crippen LogP contribution in [0.3, 0.4) is 0 Å². The summed E-state index contributed by atoms with van der Waals surface area (Å²) >= 11 is 0. The number of hydrogen-bond donors (Lipinski definition) is 1. The highest BCUT2D eigenvalue weighted by molar-refractivity contribution is 5.84. The first-order chi connectivity index (χ1) is 9.70. The lowest BCUT2D eigenvalue weighted by atomic mass is 10.3. The van der Waals surface area contributed by atoms with Gasteiger partial charge >= 0.3 is 6.09 Å². The molecule has 1 aromatic carbocycles. The van der Waals surface area contributed by atoms with Crippen molar-refractivity contribution >= 4 is 23.3 Å². The maximum atomic E-state index is 11.3. The highest BCUT2D eigenvalue weighted by Crippen LogP contribution is 2.21. The van der Waals surface area contributed by atoms with E-state index in [0.29, 0.717) is 12.3 Å². The molecule has 0 unspecified atom stereocenters. The van der Waals surface area contributed by atoms with E-state index in [1.807, 2.05) is 48.3 Å². The average molecular weight is 271 g/mol. The number of carbonyl (C=O) groups is 1. The molecule has 0 fully saturated rings. The second-order valence-corrected chi connectivity index (χ2v) is 4.15. The van der Waals surface area contributed by atoms with E-state index in [1.165, 1.54) is 0 Å². The van der Waals surface area contributed by atoms with Gasteiger partial charge in [0.25, 0.3) is 0 Å². The number of ether oxygens (including phenoxy) is 1. The summed E-state index contributed by atoms with van der Waals surface area (Å²) in [6.07, 6.45) is 1.13. The third kappa shape index (κ3) is 3.47. The fourth-order valence-electron chi connectivity index (χ4n) is 1.73. The number of benzene rings is 1. The molecular formula is C15H17N3O2. The molecule has 5 nitrogen and oxygen atoms in total. The van der Waals surface area contributed by atoms with Gasteiger partial charge in [0, 0.05) is 12.7 Å². The number of pyridine rings is 1. The maximum Gasteiger partial charge on any atom is 0.411 e. The largest absolute Gasteiger partial charge is 0.450 e. The van der Waals surface area contributed by atoms with Gasteiger partial charge in [-0.05, 0) is 31.2 Å². The Morgan fingerprint density at radius 3 is 2.60 bits per heavy atom. The SMILES string of the molecule is CCOC(=O)Nc1ccc(N(C)c2ccccc2)nc1. The van der Waals surface area contributed by atoms with Crippen LogP contribution >= 0.6 is 0 Å². The van der Waals surface area contributed by atoms with E-state index in [1.54, 1.807) is 19.2 Å². The van der Waals surface area contributed by atoms with E-state index >= 15 is 0 Å². The monoisotopic (exact) mass is 271 g/mol. The van der Waals surface area contributed by atoms with Crippen LogP contribution in [-0.2, 0) is 4.74 Å². The lowest BCUT2D eigenvalue weighted by molar-refractivity contribution is 0.168. The van der Waals surface area contributed by atoms with Gasteiger partial charge < -0.3 is 9.64 Å². The number of nitrogens with one attached hydrogen (secondary N) is 1. The molecular weight excluding hydrogens is 254 g/mol. The van der Waals surface area contributed by atoms with Gasteiger partial charge in [-0.3, -0.25) is 5.32 Å². The van der Waals surface area contributed by atoms with Crippen LogP contribution in [0.1, 0.15) is 6.92 Å². The van der Waals surface area contributed by atoms with E-state index in [4.69, 9.17) is 4.74 Å². The topological polar surface area (TPSA) is 54.5 Å². The van der Waals surface area contributed by atoms with E-state index in [-0.39, 0.29) is 0 Å². The Morgan fingerprint density at radius 1 is 1.25 bits per heavy atom. The Hall–Kier alpha value is -2.56. The molecule has 0 saturated heterocycles. The number of rotatable bonds is 4. The van der Waals surface area contributed by atoms with Crippen molar-refractivity contribution in [1.29, 1.82) is 0 Å². The van der Waals surface area contributed by atoms with Gasteiger partial charge in [0.2, 0.25) is 0 Å². The van der Waals surface area contributed by atoms with E-state index in [2.05, 4.69) is 10.3 Å². The lowest BCUT2D eigenvalue weighted by Gasteiger charge is -2.18. The number of nitrogens with zero attached hydrogens (tertiary/aromatic N) is 2. The standard InChI is InChI=1S/C15H17N3O2/c1-3-20-15(19)17-12-9-10-14(16-11-12)18(2)13-7-5-4-6-8-13/h4-11H,3H2,1-2H3,(H,17,19). The Morgan fingerprint density at radius 2 is 2.00 bits per heavy atom. The minimum absolute atomic E-state index is 0.341. The summed E-state index contributed by atoms with van der Waals surface area (Å²) in [5.41, 5.74) is 1.65. The summed E-state index contributed by atoms with van der Waals surface area (Å²) in [5, 5.41) is 2.61. The summed E-state index contributed by atoms with van der Waals surface area (Å²) in [7, 11) is 1.94. The smallest absolute Gasteiger partial charge is 0.411 e. The fraction of sp³-hybridized carbons (Fsp3) is 0.200. The maximum absolute atomic E-state index is 11.3. The summed E-state index contributed by atoms with van der Waals surface area (Å²) in [5.74, 6) is 0.797. The fourth-order valence-corrected chi connectivity index (χ4v) is 1.73. The van der Waals surface area contributed by atoms with Crippen LogP contribution < -0.4 is 10.2 Å². The molecule has 0 saturated carbocycles. The van der Waals surface area contributed by atoms with Crippen molar-refractivity contribution < 1.29 is 9.53 Å². The van der Waals surface area contributed by atoms with Gasteiger partial charge in [-0.1, -0.05) is 18.2 Å². The summed E-state index contributed by atoms with van der Waals surface area (Å²) in [4.78, 5) is 17.6. The number of amides is 1. The molecule has 2 rings (SSSR count). The quantitative estimate of drug-likeness (QED) is 0.925. The van der Waals surface area contributed by atoms with Crippen LogP contribution in [0.5, 0.6) is 0 Å². The van der Waals surface area contributed by atoms with E-state index < -0.39 is 6.09 Å². The minimum Gasteiger partial charge on any atom is -0.450 e. The van der Waals surface area contributed by atoms with Crippen molar-refractivity contribution in [3.63, 3.8) is 0 Å². The molecule has 0 bridgehead atoms. The molecule has 0 aliphatic rings. The van der Waals surface area contributed by atoms with Crippen LogP contribution in [0.25, 0.3) is 0 Å². The zero-order valence-corrected chi connectivity index (χ0v) is 11.5. The number of carbonyl (C=O) groups excluding carboxylic acids is 1. The van der Waals surface area contributed by atoms with Crippen molar-refractivity contribution in [2.45, 2.75) is 6.92 Å². The number of aromatic nitrogens is 1. The Bertz CT molecular complexity index is 555. The predicted molar refractivity (Wildman–Crippen MR) is 79.4 cm³/mol. The molecule has 0 spiro atoms. The zero-order valence-electron chi connectivity index (χ0n) is 11.5. The van der Waals surface area contributed by atoms with Gasteiger partial charge in [-0.15, -0.1) is 0 Å². The van der Waals surface area contributed by atoms with Gasteiger partial charge in [-0.25, -0.2) is 9.78 Å². The van der Waals surface area contributed by atoms with E-state index in [9.17, 15) is 4.79 Å². The third-order valence-corrected chi connectivity index (χ3v) is 2.76. The van der Waals surface area contributed by atoms with E-state index in [0.717, 1.165) is 11.5 Å². The molecule has 1 N–H and O–H groups in total. The molecule has 1 amide bonds. The van der Waals surface area contributed by atoms with Gasteiger partial charge in [-0.2, -0.15) is 0 Å². The first-order valence-corrected chi connectivity index (χ1v) is 6.39. The van der Waals surface area contributed by atoms with Crippen molar-refractivity contribution in [3.8, 4) is 0 Å².